The summed E-state index contributed by atoms with van der Waals surface area (Å²) in [6, 6.07) is 15.7. The maximum Gasteiger partial charge on any atom is 0.242 e. The lowest BCUT2D eigenvalue weighted by Crippen LogP contribution is -2.52. The standard InChI is InChI=1S/C25H34N2O2S/c1-18-12-19(2)14-22(13-18)16-30-17-23(28)27(15-21-10-8-7-9-11-21)20(3)24(29)26-25(4,5)6/h7-14,20H,15-17H2,1-6H3,(H,26,29)/t20-/m0/s1. The van der Waals surface area contributed by atoms with E-state index < -0.39 is 6.04 Å². The highest BCUT2D eigenvalue weighted by Crippen LogP contribution is 2.18. The SMILES string of the molecule is Cc1cc(C)cc(CSCC(=O)N(Cc2ccccc2)[C@@H](C)C(=O)NC(C)(C)C)c1. The Morgan fingerprint density at radius 2 is 1.60 bits per heavy atom. The molecule has 0 heterocycles. The Bertz CT molecular complexity index is 839. The van der Waals surface area contributed by atoms with E-state index in [9.17, 15) is 9.59 Å². The molecule has 0 unspecified atom stereocenters. The summed E-state index contributed by atoms with van der Waals surface area (Å²) < 4.78 is 0. The molecule has 0 aromatic heterocycles. The molecule has 0 aliphatic carbocycles. The van der Waals surface area contributed by atoms with Crippen molar-refractivity contribution in [2.24, 2.45) is 0 Å². The number of carbonyl (C=O) groups is 2. The number of hydrogen-bond donors (Lipinski definition) is 1. The molecule has 4 nitrogen and oxygen atoms in total. The number of rotatable bonds is 8. The molecule has 2 amide bonds. The first-order chi connectivity index (χ1) is 14.0. The topological polar surface area (TPSA) is 49.4 Å². The third-order valence-corrected chi connectivity index (χ3v) is 5.63. The van der Waals surface area contributed by atoms with Crippen molar-refractivity contribution in [2.75, 3.05) is 5.75 Å². The summed E-state index contributed by atoms with van der Waals surface area (Å²) in [5.41, 5.74) is 4.36. The lowest BCUT2D eigenvalue weighted by atomic mass is 10.1. The summed E-state index contributed by atoms with van der Waals surface area (Å²) in [7, 11) is 0. The summed E-state index contributed by atoms with van der Waals surface area (Å²) in [5.74, 6) is 0.957. The zero-order chi connectivity index (χ0) is 22.3. The molecule has 5 heteroatoms. The third kappa shape index (κ3) is 7.86. The lowest BCUT2D eigenvalue weighted by Gasteiger charge is -2.31. The Morgan fingerprint density at radius 3 is 2.17 bits per heavy atom. The summed E-state index contributed by atoms with van der Waals surface area (Å²) in [5, 5.41) is 2.99. The number of aryl methyl sites for hydroxylation is 2. The Morgan fingerprint density at radius 1 is 1.00 bits per heavy atom. The van der Waals surface area contributed by atoms with Crippen molar-refractivity contribution in [1.82, 2.24) is 10.2 Å². The lowest BCUT2D eigenvalue weighted by molar-refractivity contribution is -0.139. The van der Waals surface area contributed by atoms with Crippen LogP contribution in [0.3, 0.4) is 0 Å². The zero-order valence-electron chi connectivity index (χ0n) is 19.0. The van der Waals surface area contributed by atoms with E-state index in [1.54, 1.807) is 23.6 Å². The number of amides is 2. The van der Waals surface area contributed by atoms with Crippen LogP contribution in [-0.4, -0.2) is 34.0 Å². The largest absolute Gasteiger partial charge is 0.350 e. The number of thioether (sulfide) groups is 1. The van der Waals surface area contributed by atoms with Crippen molar-refractivity contribution in [3.05, 3.63) is 70.8 Å². The number of hydrogen-bond acceptors (Lipinski definition) is 3. The van der Waals surface area contributed by atoms with Gasteiger partial charge in [0.2, 0.25) is 11.8 Å². The van der Waals surface area contributed by atoms with E-state index in [1.807, 2.05) is 51.1 Å². The van der Waals surface area contributed by atoms with Crippen LogP contribution in [0.1, 0.15) is 49.9 Å². The van der Waals surface area contributed by atoms with Gasteiger partial charge in [0, 0.05) is 17.8 Å². The maximum absolute atomic E-state index is 13.1. The van der Waals surface area contributed by atoms with Gasteiger partial charge in [0.1, 0.15) is 6.04 Å². The Labute approximate surface area is 185 Å². The van der Waals surface area contributed by atoms with Gasteiger partial charge < -0.3 is 10.2 Å². The second-order valence-corrected chi connectivity index (χ2v) is 9.90. The van der Waals surface area contributed by atoms with Crippen LogP contribution in [0.2, 0.25) is 0 Å². The van der Waals surface area contributed by atoms with Crippen molar-refractivity contribution in [1.29, 1.82) is 0 Å². The molecule has 30 heavy (non-hydrogen) atoms. The molecule has 0 radical (unpaired) electrons. The monoisotopic (exact) mass is 426 g/mol. The first-order valence-corrected chi connectivity index (χ1v) is 11.5. The summed E-state index contributed by atoms with van der Waals surface area (Å²) in [6.45, 7) is 12.2. The molecule has 1 N–H and O–H groups in total. The van der Waals surface area contributed by atoms with Gasteiger partial charge >= 0.3 is 0 Å². The van der Waals surface area contributed by atoms with Gasteiger partial charge in [-0.25, -0.2) is 0 Å². The Hall–Kier alpha value is -2.27. The molecule has 2 aromatic rings. The second-order valence-electron chi connectivity index (χ2n) is 8.91. The van der Waals surface area contributed by atoms with E-state index in [0.29, 0.717) is 12.3 Å². The van der Waals surface area contributed by atoms with Gasteiger partial charge in [-0.3, -0.25) is 9.59 Å². The molecule has 0 spiro atoms. The van der Waals surface area contributed by atoms with Crippen LogP contribution >= 0.6 is 11.8 Å². The van der Waals surface area contributed by atoms with Crippen LogP contribution in [0.15, 0.2) is 48.5 Å². The van der Waals surface area contributed by atoms with E-state index in [0.717, 1.165) is 11.3 Å². The van der Waals surface area contributed by atoms with E-state index in [1.165, 1.54) is 16.7 Å². The number of nitrogens with one attached hydrogen (secondary N) is 1. The first-order valence-electron chi connectivity index (χ1n) is 10.4. The van der Waals surface area contributed by atoms with Crippen molar-refractivity contribution in [3.63, 3.8) is 0 Å². The van der Waals surface area contributed by atoms with Crippen molar-refractivity contribution >= 4 is 23.6 Å². The molecular formula is C25H34N2O2S. The highest BCUT2D eigenvalue weighted by molar-refractivity contribution is 7.99. The number of benzene rings is 2. The van der Waals surface area contributed by atoms with E-state index in [-0.39, 0.29) is 17.4 Å². The van der Waals surface area contributed by atoms with E-state index in [4.69, 9.17) is 0 Å². The van der Waals surface area contributed by atoms with Crippen LogP contribution < -0.4 is 5.32 Å². The predicted octanol–water partition coefficient (Wildman–Crippen LogP) is 4.87. The number of nitrogens with zero attached hydrogens (tertiary/aromatic N) is 1. The smallest absolute Gasteiger partial charge is 0.242 e. The fourth-order valence-corrected chi connectivity index (χ4v) is 4.17. The van der Waals surface area contributed by atoms with Gasteiger partial charge in [0.05, 0.1) is 5.75 Å². The Kier molecular flexibility index (Phi) is 8.54. The van der Waals surface area contributed by atoms with Crippen molar-refractivity contribution in [2.45, 2.75) is 65.4 Å². The molecule has 0 bridgehead atoms. The summed E-state index contributed by atoms with van der Waals surface area (Å²) in [6.07, 6.45) is 0. The zero-order valence-corrected chi connectivity index (χ0v) is 19.8. The molecular weight excluding hydrogens is 392 g/mol. The fraction of sp³-hybridized carbons (Fsp3) is 0.440. The van der Waals surface area contributed by atoms with E-state index in [2.05, 4.69) is 37.4 Å². The summed E-state index contributed by atoms with van der Waals surface area (Å²) in [4.78, 5) is 27.5. The van der Waals surface area contributed by atoms with Crippen molar-refractivity contribution in [3.8, 4) is 0 Å². The minimum atomic E-state index is -0.543. The maximum atomic E-state index is 13.1. The minimum absolute atomic E-state index is 0.0233. The molecule has 1 atom stereocenters. The van der Waals surface area contributed by atoms with Gasteiger partial charge in [-0.15, -0.1) is 11.8 Å². The van der Waals surface area contributed by atoms with Crippen LogP contribution in [0.4, 0.5) is 0 Å². The average molecular weight is 427 g/mol. The molecule has 0 saturated carbocycles. The number of carbonyl (C=O) groups excluding carboxylic acids is 2. The van der Waals surface area contributed by atoms with Crippen LogP contribution in [0, 0.1) is 13.8 Å². The second kappa shape index (κ2) is 10.7. The minimum Gasteiger partial charge on any atom is -0.350 e. The Balaban J connectivity index is 2.08. The van der Waals surface area contributed by atoms with Crippen LogP contribution in [-0.2, 0) is 21.9 Å². The molecule has 2 aromatic carbocycles. The fourth-order valence-electron chi connectivity index (χ4n) is 3.33. The summed E-state index contributed by atoms with van der Waals surface area (Å²) >= 11 is 1.59. The third-order valence-electron chi connectivity index (χ3n) is 4.64. The molecule has 162 valence electrons. The molecule has 0 aliphatic rings. The van der Waals surface area contributed by atoms with Gasteiger partial charge in [-0.05, 0) is 52.7 Å². The molecule has 0 saturated heterocycles. The van der Waals surface area contributed by atoms with Gasteiger partial charge in [-0.2, -0.15) is 0 Å². The molecule has 0 fully saturated rings. The van der Waals surface area contributed by atoms with Crippen molar-refractivity contribution < 1.29 is 9.59 Å². The van der Waals surface area contributed by atoms with Crippen LogP contribution in [0.5, 0.6) is 0 Å². The average Bonchev–Trinajstić information content (AvgIpc) is 2.64. The molecule has 2 rings (SSSR count). The highest BCUT2D eigenvalue weighted by Gasteiger charge is 2.28. The first kappa shape index (κ1) is 24.0. The van der Waals surface area contributed by atoms with Gasteiger partial charge in [0.15, 0.2) is 0 Å². The highest BCUT2D eigenvalue weighted by atomic mass is 32.2. The normalized spacial score (nSPS) is 12.3. The predicted molar refractivity (Wildman–Crippen MR) is 126 cm³/mol. The molecule has 0 aliphatic heterocycles. The van der Waals surface area contributed by atoms with Gasteiger partial charge in [0.25, 0.3) is 0 Å². The van der Waals surface area contributed by atoms with E-state index >= 15 is 0 Å². The quantitative estimate of drug-likeness (QED) is 0.655. The van der Waals surface area contributed by atoms with Gasteiger partial charge in [-0.1, -0.05) is 59.7 Å². The van der Waals surface area contributed by atoms with Crippen LogP contribution in [0.25, 0.3) is 0 Å².